The lowest BCUT2D eigenvalue weighted by molar-refractivity contribution is 0.0950. The van der Waals surface area contributed by atoms with E-state index in [2.05, 4.69) is 41.5 Å². The van der Waals surface area contributed by atoms with Gasteiger partial charge in [0.2, 0.25) is 0 Å². The Labute approximate surface area is 170 Å². The first kappa shape index (κ1) is 19.5. The summed E-state index contributed by atoms with van der Waals surface area (Å²) in [5.74, 6) is 0.233. The van der Waals surface area contributed by atoms with Crippen LogP contribution in [0, 0.1) is 13.8 Å². The highest BCUT2D eigenvalue weighted by atomic mass is 79.9. The number of aryl methyl sites for hydroxylation is 2. The van der Waals surface area contributed by atoms with Crippen molar-refractivity contribution in [3.8, 4) is 5.69 Å². The van der Waals surface area contributed by atoms with Crippen molar-refractivity contribution < 1.29 is 4.79 Å². The second-order valence-electron chi connectivity index (χ2n) is 5.85. The van der Waals surface area contributed by atoms with Crippen LogP contribution in [0.4, 0.5) is 0 Å². The van der Waals surface area contributed by atoms with Gasteiger partial charge in [0.05, 0.1) is 11.4 Å². The first-order valence-electron chi connectivity index (χ1n) is 8.41. The third-order valence-corrected chi connectivity index (χ3v) is 5.07. The SMILES string of the molecule is CCNC(=O)c1nnn(-c2ccc(Br)cc2)c1CSc1nc(C)cc(C)n1. The van der Waals surface area contributed by atoms with Crippen LogP contribution in [0.5, 0.6) is 0 Å². The van der Waals surface area contributed by atoms with E-state index in [0.717, 1.165) is 21.5 Å². The molecule has 9 heteroatoms. The smallest absolute Gasteiger partial charge is 0.273 e. The molecule has 1 N–H and O–H groups in total. The van der Waals surface area contributed by atoms with Crippen LogP contribution in [0.2, 0.25) is 0 Å². The Balaban J connectivity index is 1.95. The van der Waals surface area contributed by atoms with Crippen molar-refractivity contribution in [2.24, 2.45) is 0 Å². The van der Waals surface area contributed by atoms with Gasteiger partial charge in [-0.15, -0.1) is 5.10 Å². The average Bonchev–Trinajstić information content (AvgIpc) is 3.04. The van der Waals surface area contributed by atoms with E-state index in [1.165, 1.54) is 11.8 Å². The summed E-state index contributed by atoms with van der Waals surface area (Å²) < 4.78 is 2.65. The Hall–Kier alpha value is -2.26. The zero-order valence-electron chi connectivity index (χ0n) is 15.2. The van der Waals surface area contributed by atoms with E-state index >= 15 is 0 Å². The summed E-state index contributed by atoms with van der Waals surface area (Å²) >= 11 is 4.89. The van der Waals surface area contributed by atoms with Gasteiger partial charge in [0, 0.05) is 28.2 Å². The standard InChI is InChI=1S/C18H19BrN6OS/c1-4-20-17(26)16-15(10-27-18-21-11(2)9-12(3)22-18)25(24-23-16)14-7-5-13(19)6-8-14/h5-9H,4,10H2,1-3H3,(H,20,26). The summed E-state index contributed by atoms with van der Waals surface area (Å²) in [5.41, 5.74) is 3.67. The molecule has 0 unspecified atom stereocenters. The van der Waals surface area contributed by atoms with Crippen molar-refractivity contribution in [3.05, 3.63) is 57.6 Å². The molecule has 1 amide bonds. The van der Waals surface area contributed by atoms with E-state index in [1.54, 1.807) is 4.68 Å². The van der Waals surface area contributed by atoms with E-state index in [9.17, 15) is 4.79 Å². The number of hydrogen-bond donors (Lipinski definition) is 1. The molecule has 0 bridgehead atoms. The fourth-order valence-electron chi connectivity index (χ4n) is 2.53. The van der Waals surface area contributed by atoms with Gasteiger partial charge in [-0.05, 0) is 51.1 Å². The molecule has 27 heavy (non-hydrogen) atoms. The second-order valence-corrected chi connectivity index (χ2v) is 7.71. The zero-order chi connectivity index (χ0) is 19.4. The molecule has 0 fully saturated rings. The molecule has 2 aromatic heterocycles. The Morgan fingerprint density at radius 1 is 1.19 bits per heavy atom. The number of nitrogens with zero attached hydrogens (tertiary/aromatic N) is 5. The van der Waals surface area contributed by atoms with Crippen LogP contribution in [-0.4, -0.2) is 37.4 Å². The van der Waals surface area contributed by atoms with Gasteiger partial charge in [-0.25, -0.2) is 14.6 Å². The number of halogens is 1. The Kier molecular flexibility index (Phi) is 6.22. The molecule has 7 nitrogen and oxygen atoms in total. The molecule has 0 radical (unpaired) electrons. The van der Waals surface area contributed by atoms with Gasteiger partial charge in [0.25, 0.3) is 5.91 Å². The number of rotatable bonds is 6. The molecular formula is C18H19BrN6OS. The minimum absolute atomic E-state index is 0.238. The number of carbonyl (C=O) groups excluding carboxylic acids is 1. The van der Waals surface area contributed by atoms with Gasteiger partial charge in [-0.3, -0.25) is 4.79 Å². The largest absolute Gasteiger partial charge is 0.351 e. The van der Waals surface area contributed by atoms with Gasteiger partial charge in [-0.2, -0.15) is 0 Å². The molecule has 0 saturated carbocycles. The molecule has 0 aliphatic heterocycles. The summed E-state index contributed by atoms with van der Waals surface area (Å²) in [6.45, 7) is 6.27. The Morgan fingerprint density at radius 3 is 2.48 bits per heavy atom. The van der Waals surface area contributed by atoms with Gasteiger partial charge in [0.15, 0.2) is 10.9 Å². The molecule has 3 aromatic rings. The monoisotopic (exact) mass is 446 g/mol. The number of nitrogens with one attached hydrogen (secondary N) is 1. The molecule has 140 valence electrons. The first-order valence-corrected chi connectivity index (χ1v) is 10.2. The van der Waals surface area contributed by atoms with Crippen LogP contribution in [-0.2, 0) is 5.75 Å². The lowest BCUT2D eigenvalue weighted by atomic mass is 10.3. The third-order valence-electron chi connectivity index (χ3n) is 3.69. The van der Waals surface area contributed by atoms with Gasteiger partial charge < -0.3 is 5.32 Å². The van der Waals surface area contributed by atoms with E-state index in [1.807, 2.05) is 51.1 Å². The molecule has 0 saturated heterocycles. The van der Waals surface area contributed by atoms with Crippen molar-refractivity contribution in [1.29, 1.82) is 0 Å². The molecule has 0 spiro atoms. The lowest BCUT2D eigenvalue weighted by Crippen LogP contribution is -2.24. The number of carbonyl (C=O) groups is 1. The predicted octanol–water partition coefficient (Wildman–Crippen LogP) is 3.48. The van der Waals surface area contributed by atoms with Crippen molar-refractivity contribution in [2.75, 3.05) is 6.54 Å². The van der Waals surface area contributed by atoms with Gasteiger partial charge >= 0.3 is 0 Å². The first-order chi connectivity index (χ1) is 13.0. The fourth-order valence-corrected chi connectivity index (χ4v) is 3.74. The van der Waals surface area contributed by atoms with Gasteiger partial charge in [0.1, 0.15) is 0 Å². The normalized spacial score (nSPS) is 10.8. The van der Waals surface area contributed by atoms with Crippen LogP contribution in [0.3, 0.4) is 0 Å². The van der Waals surface area contributed by atoms with Crippen molar-refractivity contribution in [1.82, 2.24) is 30.3 Å². The molecule has 0 aliphatic carbocycles. The maximum absolute atomic E-state index is 12.4. The summed E-state index contributed by atoms with van der Waals surface area (Å²) in [5, 5.41) is 11.8. The van der Waals surface area contributed by atoms with Crippen LogP contribution in [0.1, 0.15) is 34.5 Å². The predicted molar refractivity (Wildman–Crippen MR) is 108 cm³/mol. The maximum atomic E-state index is 12.4. The number of aromatic nitrogens is 5. The zero-order valence-corrected chi connectivity index (χ0v) is 17.6. The molecule has 1 aromatic carbocycles. The minimum Gasteiger partial charge on any atom is -0.351 e. The Bertz CT molecular complexity index is 937. The summed E-state index contributed by atoms with van der Waals surface area (Å²) in [6, 6.07) is 9.61. The van der Waals surface area contributed by atoms with E-state index in [0.29, 0.717) is 28.8 Å². The van der Waals surface area contributed by atoms with Crippen molar-refractivity contribution >= 4 is 33.6 Å². The van der Waals surface area contributed by atoms with Crippen LogP contribution in [0.15, 0.2) is 40.0 Å². The summed E-state index contributed by atoms with van der Waals surface area (Å²) in [7, 11) is 0. The van der Waals surface area contributed by atoms with Crippen LogP contribution >= 0.6 is 27.7 Å². The average molecular weight is 447 g/mol. The van der Waals surface area contributed by atoms with E-state index in [-0.39, 0.29) is 5.91 Å². The molecule has 0 atom stereocenters. The van der Waals surface area contributed by atoms with Crippen molar-refractivity contribution in [2.45, 2.75) is 31.7 Å². The molecule has 3 rings (SSSR count). The number of thioether (sulfide) groups is 1. The highest BCUT2D eigenvalue weighted by Gasteiger charge is 2.21. The van der Waals surface area contributed by atoms with Crippen LogP contribution < -0.4 is 5.32 Å². The second kappa shape index (κ2) is 8.62. The highest BCUT2D eigenvalue weighted by Crippen LogP contribution is 2.24. The van der Waals surface area contributed by atoms with E-state index in [4.69, 9.17) is 0 Å². The number of amides is 1. The van der Waals surface area contributed by atoms with Crippen molar-refractivity contribution in [3.63, 3.8) is 0 Å². The van der Waals surface area contributed by atoms with E-state index < -0.39 is 0 Å². The number of hydrogen-bond acceptors (Lipinski definition) is 6. The third kappa shape index (κ3) is 4.72. The number of benzene rings is 1. The molecular weight excluding hydrogens is 428 g/mol. The maximum Gasteiger partial charge on any atom is 0.273 e. The van der Waals surface area contributed by atoms with Crippen LogP contribution in [0.25, 0.3) is 5.69 Å². The molecule has 0 aliphatic rings. The lowest BCUT2D eigenvalue weighted by Gasteiger charge is -2.08. The summed E-state index contributed by atoms with van der Waals surface area (Å²) in [6.07, 6.45) is 0. The van der Waals surface area contributed by atoms with Gasteiger partial charge in [-0.1, -0.05) is 32.9 Å². The quantitative estimate of drug-likeness (QED) is 0.460. The Morgan fingerprint density at radius 2 is 1.85 bits per heavy atom. The summed E-state index contributed by atoms with van der Waals surface area (Å²) in [4.78, 5) is 21.3. The highest BCUT2D eigenvalue weighted by molar-refractivity contribution is 9.10. The molecule has 2 heterocycles. The topological polar surface area (TPSA) is 85.6 Å². The minimum atomic E-state index is -0.238. The fraction of sp³-hybridized carbons (Fsp3) is 0.278.